The number of rotatable bonds is 4. The Kier molecular flexibility index (Phi) is 3.18. The van der Waals surface area contributed by atoms with Crippen molar-refractivity contribution in [1.82, 2.24) is 0 Å². The molecule has 0 saturated heterocycles. The highest BCUT2D eigenvalue weighted by atomic mass is 16.5. The van der Waals surface area contributed by atoms with Crippen LogP contribution in [0.1, 0.15) is 35.7 Å². The maximum atomic E-state index is 11.4. The topological polar surface area (TPSA) is 35.5 Å². The van der Waals surface area contributed by atoms with Gasteiger partial charge < -0.3 is 9.47 Å². The Bertz CT molecular complexity index is 459. The Morgan fingerprint density at radius 1 is 1.41 bits per heavy atom. The molecule has 0 aromatic heterocycles. The molecule has 3 heteroatoms. The molecule has 0 atom stereocenters. The second-order valence-corrected chi connectivity index (χ2v) is 4.30. The summed E-state index contributed by atoms with van der Waals surface area (Å²) in [6.07, 6.45) is 2.46. The molecule has 0 N–H and O–H groups in total. The molecule has 0 radical (unpaired) electrons. The maximum absolute atomic E-state index is 11.4. The van der Waals surface area contributed by atoms with Crippen molar-refractivity contribution in [1.29, 1.82) is 0 Å². The van der Waals surface area contributed by atoms with E-state index >= 15 is 0 Å². The molecule has 0 bridgehead atoms. The number of allylic oxidation sites excluding steroid dienone is 1. The maximum Gasteiger partial charge on any atom is 0.337 e. The summed E-state index contributed by atoms with van der Waals surface area (Å²) in [6, 6.07) is 5.32. The molecular weight excluding hydrogens is 216 g/mol. The van der Waals surface area contributed by atoms with Gasteiger partial charge in [0.05, 0.1) is 18.8 Å². The normalized spacial score (nSPS) is 14.2. The number of hydrogen-bond acceptors (Lipinski definition) is 3. The van der Waals surface area contributed by atoms with E-state index in [0.717, 1.165) is 29.7 Å². The van der Waals surface area contributed by atoms with E-state index in [4.69, 9.17) is 9.47 Å². The molecule has 90 valence electrons. The zero-order chi connectivity index (χ0) is 12.4. The lowest BCUT2D eigenvalue weighted by atomic mass is 10.1. The highest BCUT2D eigenvalue weighted by Crippen LogP contribution is 2.32. The van der Waals surface area contributed by atoms with E-state index in [1.54, 1.807) is 12.1 Å². The van der Waals surface area contributed by atoms with Gasteiger partial charge in [-0.15, -0.1) is 0 Å². The van der Waals surface area contributed by atoms with Crippen molar-refractivity contribution in [2.75, 3.05) is 7.11 Å². The lowest BCUT2D eigenvalue weighted by Crippen LogP contribution is -2.04. The molecule has 0 aliphatic heterocycles. The fourth-order valence-electron chi connectivity index (χ4n) is 1.58. The second-order valence-electron chi connectivity index (χ2n) is 4.30. The fourth-order valence-corrected chi connectivity index (χ4v) is 1.58. The highest BCUT2D eigenvalue weighted by molar-refractivity contribution is 5.90. The number of carbonyl (C=O) groups is 1. The summed E-state index contributed by atoms with van der Waals surface area (Å²) in [5.74, 6) is 0.377. The van der Waals surface area contributed by atoms with E-state index in [1.165, 1.54) is 7.11 Å². The van der Waals surface area contributed by atoms with Gasteiger partial charge in [-0.2, -0.15) is 0 Å². The molecule has 1 aliphatic rings. The van der Waals surface area contributed by atoms with Crippen molar-refractivity contribution in [3.63, 3.8) is 0 Å². The van der Waals surface area contributed by atoms with Crippen molar-refractivity contribution in [3.8, 4) is 5.75 Å². The smallest absolute Gasteiger partial charge is 0.337 e. The summed E-state index contributed by atoms with van der Waals surface area (Å²) >= 11 is 0. The minimum absolute atomic E-state index is 0.293. The summed E-state index contributed by atoms with van der Waals surface area (Å²) in [5.41, 5.74) is 2.38. The molecule has 1 aliphatic carbocycles. The van der Waals surface area contributed by atoms with Crippen molar-refractivity contribution in [2.45, 2.75) is 25.9 Å². The van der Waals surface area contributed by atoms with Crippen LogP contribution in [0.3, 0.4) is 0 Å². The van der Waals surface area contributed by atoms with Crippen LogP contribution in [0.5, 0.6) is 5.75 Å². The van der Waals surface area contributed by atoms with Crippen LogP contribution in [0, 0.1) is 0 Å². The molecule has 1 aromatic carbocycles. The van der Waals surface area contributed by atoms with Crippen molar-refractivity contribution in [3.05, 3.63) is 35.9 Å². The van der Waals surface area contributed by atoms with Gasteiger partial charge in [-0.1, -0.05) is 12.6 Å². The minimum Gasteiger partial charge on any atom is -0.490 e. The van der Waals surface area contributed by atoms with Crippen LogP contribution < -0.4 is 4.74 Å². The Hall–Kier alpha value is -1.77. The first-order valence-electron chi connectivity index (χ1n) is 5.66. The monoisotopic (exact) mass is 232 g/mol. The predicted molar refractivity (Wildman–Crippen MR) is 66.1 cm³/mol. The average Bonchev–Trinajstić information content (AvgIpc) is 3.11. The number of ether oxygens (including phenoxy) is 2. The summed E-state index contributed by atoms with van der Waals surface area (Å²) in [5, 5.41) is 0. The number of hydrogen-bond donors (Lipinski definition) is 0. The molecule has 0 spiro atoms. The van der Waals surface area contributed by atoms with Crippen LogP contribution in [0.25, 0.3) is 5.57 Å². The van der Waals surface area contributed by atoms with E-state index < -0.39 is 0 Å². The van der Waals surface area contributed by atoms with Crippen LogP contribution in [-0.2, 0) is 4.74 Å². The molecule has 2 rings (SSSR count). The molecular formula is C14H16O3. The highest BCUT2D eigenvalue weighted by Gasteiger charge is 2.25. The third kappa shape index (κ3) is 2.67. The first kappa shape index (κ1) is 11.7. The van der Waals surface area contributed by atoms with Gasteiger partial charge in [0.15, 0.2) is 0 Å². The molecule has 1 aromatic rings. The van der Waals surface area contributed by atoms with Gasteiger partial charge in [-0.25, -0.2) is 4.79 Å². The molecule has 3 nitrogen and oxygen atoms in total. The lowest BCUT2D eigenvalue weighted by Gasteiger charge is -2.12. The number of esters is 1. The van der Waals surface area contributed by atoms with Gasteiger partial charge in [0.2, 0.25) is 0 Å². The molecule has 0 heterocycles. The SMILES string of the molecule is C=C(C)c1ccc(C(=O)OC)cc1OC1CC1. The summed E-state index contributed by atoms with van der Waals surface area (Å²) < 4.78 is 10.5. The number of carbonyl (C=O) groups excluding carboxylic acids is 1. The summed E-state index contributed by atoms with van der Waals surface area (Å²) in [7, 11) is 1.37. The van der Waals surface area contributed by atoms with Crippen LogP contribution in [0.15, 0.2) is 24.8 Å². The van der Waals surface area contributed by atoms with Crippen LogP contribution in [0.2, 0.25) is 0 Å². The van der Waals surface area contributed by atoms with Crippen LogP contribution >= 0.6 is 0 Å². The van der Waals surface area contributed by atoms with E-state index in [1.807, 2.05) is 13.0 Å². The quantitative estimate of drug-likeness (QED) is 0.748. The Morgan fingerprint density at radius 3 is 2.65 bits per heavy atom. The molecule has 1 saturated carbocycles. The van der Waals surface area contributed by atoms with E-state index in [-0.39, 0.29) is 5.97 Å². The van der Waals surface area contributed by atoms with Gasteiger partial charge >= 0.3 is 5.97 Å². The van der Waals surface area contributed by atoms with E-state index in [0.29, 0.717) is 11.7 Å². The fraction of sp³-hybridized carbons (Fsp3) is 0.357. The van der Waals surface area contributed by atoms with Gasteiger partial charge in [0.1, 0.15) is 5.75 Å². The zero-order valence-corrected chi connectivity index (χ0v) is 10.2. The average molecular weight is 232 g/mol. The van der Waals surface area contributed by atoms with Gasteiger partial charge in [-0.3, -0.25) is 0 Å². The van der Waals surface area contributed by atoms with Crippen LogP contribution in [0.4, 0.5) is 0 Å². The van der Waals surface area contributed by atoms with E-state index in [9.17, 15) is 4.79 Å². The second kappa shape index (κ2) is 4.62. The van der Waals surface area contributed by atoms with Gasteiger partial charge in [0.25, 0.3) is 0 Å². The Labute approximate surface area is 101 Å². The Balaban J connectivity index is 2.34. The van der Waals surface area contributed by atoms with Gasteiger partial charge in [0, 0.05) is 5.56 Å². The first-order chi connectivity index (χ1) is 8.11. The first-order valence-corrected chi connectivity index (χ1v) is 5.66. The number of benzene rings is 1. The van der Waals surface area contributed by atoms with Crippen molar-refractivity contribution in [2.24, 2.45) is 0 Å². The Morgan fingerprint density at radius 2 is 2.12 bits per heavy atom. The number of methoxy groups -OCH3 is 1. The lowest BCUT2D eigenvalue weighted by molar-refractivity contribution is 0.0600. The third-order valence-corrected chi connectivity index (χ3v) is 2.68. The summed E-state index contributed by atoms with van der Waals surface area (Å²) in [6.45, 7) is 5.84. The summed E-state index contributed by atoms with van der Waals surface area (Å²) in [4.78, 5) is 11.4. The van der Waals surface area contributed by atoms with Crippen LogP contribution in [-0.4, -0.2) is 19.2 Å². The van der Waals surface area contributed by atoms with Gasteiger partial charge in [-0.05, 0) is 37.5 Å². The predicted octanol–water partition coefficient (Wildman–Crippen LogP) is 3.05. The van der Waals surface area contributed by atoms with Crippen molar-refractivity contribution < 1.29 is 14.3 Å². The molecule has 0 unspecified atom stereocenters. The standard InChI is InChI=1S/C14H16O3/c1-9(2)12-7-4-10(14(15)16-3)8-13(12)17-11-5-6-11/h4,7-8,11H,1,5-6H2,2-3H3. The molecule has 17 heavy (non-hydrogen) atoms. The minimum atomic E-state index is -0.348. The largest absolute Gasteiger partial charge is 0.490 e. The molecule has 1 fully saturated rings. The van der Waals surface area contributed by atoms with E-state index in [2.05, 4.69) is 6.58 Å². The molecule has 0 amide bonds. The third-order valence-electron chi connectivity index (χ3n) is 2.68. The zero-order valence-electron chi connectivity index (χ0n) is 10.2. The van der Waals surface area contributed by atoms with Crippen molar-refractivity contribution >= 4 is 11.5 Å².